The molecule has 0 spiro atoms. The minimum atomic E-state index is -0.369. The van der Waals surface area contributed by atoms with E-state index < -0.39 is 0 Å². The van der Waals surface area contributed by atoms with Gasteiger partial charge in [0, 0.05) is 3.57 Å². The second kappa shape index (κ2) is 3.57. The van der Waals surface area contributed by atoms with Crippen LogP contribution >= 0.6 is 22.6 Å². The van der Waals surface area contributed by atoms with Crippen molar-refractivity contribution in [2.45, 2.75) is 0 Å². The molecule has 70 valence electrons. The summed E-state index contributed by atoms with van der Waals surface area (Å²) in [5.74, 6) is -0.369. The Balaban J connectivity index is 2.90. The van der Waals surface area contributed by atoms with Crippen molar-refractivity contribution < 1.29 is 4.79 Å². The van der Waals surface area contributed by atoms with Gasteiger partial charge in [0.15, 0.2) is 0 Å². The van der Waals surface area contributed by atoms with E-state index in [2.05, 4.69) is 22.6 Å². The summed E-state index contributed by atoms with van der Waals surface area (Å²) >= 11 is 2.12. The summed E-state index contributed by atoms with van der Waals surface area (Å²) < 4.78 is 0.897. The van der Waals surface area contributed by atoms with Gasteiger partial charge in [0.25, 0.3) is 0 Å². The zero-order valence-corrected chi connectivity index (χ0v) is 9.49. The van der Waals surface area contributed by atoms with E-state index in [1.54, 1.807) is 0 Å². The van der Waals surface area contributed by atoms with Crippen LogP contribution in [0.2, 0.25) is 0 Å². The molecule has 0 aromatic heterocycles. The molecule has 0 aliphatic rings. The predicted octanol–water partition coefficient (Wildman–Crippen LogP) is 2.54. The summed E-state index contributed by atoms with van der Waals surface area (Å²) in [6.45, 7) is 0. The summed E-state index contributed by atoms with van der Waals surface area (Å²) in [7, 11) is 0. The minimum Gasteiger partial charge on any atom is -0.366 e. The summed E-state index contributed by atoms with van der Waals surface area (Å²) in [5, 5.41) is 1.97. The first-order valence-electron chi connectivity index (χ1n) is 4.17. The van der Waals surface area contributed by atoms with Crippen LogP contribution in [0.1, 0.15) is 10.4 Å². The monoisotopic (exact) mass is 297 g/mol. The van der Waals surface area contributed by atoms with Crippen LogP contribution in [0, 0.1) is 3.57 Å². The van der Waals surface area contributed by atoms with Gasteiger partial charge in [-0.05, 0) is 39.4 Å². The Morgan fingerprint density at radius 1 is 1.14 bits per heavy atom. The lowest BCUT2D eigenvalue weighted by Gasteiger charge is -2.04. The largest absolute Gasteiger partial charge is 0.366 e. The van der Waals surface area contributed by atoms with E-state index in [1.165, 1.54) is 0 Å². The lowest BCUT2D eigenvalue weighted by Crippen LogP contribution is -2.13. The number of halogens is 1. The Labute approximate surface area is 95.2 Å². The van der Waals surface area contributed by atoms with Gasteiger partial charge >= 0.3 is 0 Å². The van der Waals surface area contributed by atoms with Crippen LogP contribution in [-0.2, 0) is 0 Å². The number of hydrogen-bond donors (Lipinski definition) is 1. The van der Waals surface area contributed by atoms with Gasteiger partial charge in [0.1, 0.15) is 0 Å². The number of amides is 1. The number of primary amides is 1. The van der Waals surface area contributed by atoms with Crippen LogP contribution in [0.25, 0.3) is 10.8 Å². The van der Waals surface area contributed by atoms with E-state index in [0.717, 1.165) is 14.3 Å². The summed E-state index contributed by atoms with van der Waals surface area (Å²) in [4.78, 5) is 11.3. The van der Waals surface area contributed by atoms with Gasteiger partial charge in [-0.2, -0.15) is 0 Å². The molecule has 0 saturated heterocycles. The summed E-state index contributed by atoms with van der Waals surface area (Å²) in [6, 6.07) is 11.6. The summed E-state index contributed by atoms with van der Waals surface area (Å²) in [6.07, 6.45) is 0. The van der Waals surface area contributed by atoms with Gasteiger partial charge in [0.2, 0.25) is 5.91 Å². The average molecular weight is 297 g/mol. The smallest absolute Gasteiger partial charge is 0.250 e. The third kappa shape index (κ3) is 1.48. The van der Waals surface area contributed by atoms with Crippen LogP contribution < -0.4 is 5.73 Å². The number of hydrogen-bond acceptors (Lipinski definition) is 1. The van der Waals surface area contributed by atoms with Crippen molar-refractivity contribution in [2.75, 3.05) is 0 Å². The second-order valence-corrected chi connectivity index (χ2v) is 4.17. The first-order valence-corrected chi connectivity index (χ1v) is 5.25. The second-order valence-electron chi connectivity index (χ2n) is 3.01. The molecule has 2 aromatic rings. The minimum absolute atomic E-state index is 0.369. The Morgan fingerprint density at radius 3 is 2.57 bits per heavy atom. The molecule has 2 N–H and O–H groups in total. The molecule has 2 nitrogen and oxygen atoms in total. The highest BCUT2D eigenvalue weighted by atomic mass is 127. The van der Waals surface area contributed by atoms with Gasteiger partial charge in [-0.3, -0.25) is 4.79 Å². The summed E-state index contributed by atoms with van der Waals surface area (Å²) in [5.41, 5.74) is 5.95. The molecule has 0 atom stereocenters. The molecule has 0 bridgehead atoms. The molecule has 0 saturated carbocycles. The van der Waals surface area contributed by atoms with E-state index in [4.69, 9.17) is 5.73 Å². The molecule has 3 heteroatoms. The van der Waals surface area contributed by atoms with Gasteiger partial charge < -0.3 is 5.73 Å². The normalized spacial score (nSPS) is 10.4. The zero-order chi connectivity index (χ0) is 10.1. The number of nitrogens with two attached hydrogens (primary N) is 1. The average Bonchev–Trinajstić information content (AvgIpc) is 2.17. The third-order valence-corrected chi connectivity index (χ3v) is 3.02. The van der Waals surface area contributed by atoms with Crippen molar-refractivity contribution in [3.8, 4) is 0 Å². The fraction of sp³-hybridized carbons (Fsp3) is 0. The van der Waals surface area contributed by atoms with E-state index in [1.807, 2.05) is 36.4 Å². The number of rotatable bonds is 1. The maximum atomic E-state index is 11.3. The highest BCUT2D eigenvalue weighted by molar-refractivity contribution is 14.1. The third-order valence-electron chi connectivity index (χ3n) is 2.12. The number of fused-ring (bicyclic) bond motifs is 1. The molecule has 0 aliphatic heterocycles. The van der Waals surface area contributed by atoms with Gasteiger partial charge in [0.05, 0.1) is 5.56 Å². The topological polar surface area (TPSA) is 43.1 Å². The van der Waals surface area contributed by atoms with Crippen molar-refractivity contribution >= 4 is 39.3 Å². The Hall–Kier alpha value is -1.10. The van der Waals surface area contributed by atoms with Crippen molar-refractivity contribution in [3.05, 3.63) is 45.5 Å². The first kappa shape index (κ1) is 9.45. The molecule has 14 heavy (non-hydrogen) atoms. The van der Waals surface area contributed by atoms with E-state index >= 15 is 0 Å². The van der Waals surface area contributed by atoms with E-state index in [-0.39, 0.29) is 5.91 Å². The van der Waals surface area contributed by atoms with Crippen molar-refractivity contribution in [2.24, 2.45) is 5.73 Å². The van der Waals surface area contributed by atoms with Gasteiger partial charge in [-0.1, -0.05) is 30.3 Å². The van der Waals surface area contributed by atoms with Gasteiger partial charge in [-0.15, -0.1) is 0 Å². The fourth-order valence-electron chi connectivity index (χ4n) is 1.50. The van der Waals surface area contributed by atoms with Gasteiger partial charge in [-0.25, -0.2) is 0 Å². The number of carbonyl (C=O) groups is 1. The standard InChI is InChI=1S/C11H8INO/c12-9-6-5-7-3-1-2-4-8(7)10(9)11(13)14/h1-6H,(H2,13,14). The first-order chi connectivity index (χ1) is 6.70. The predicted molar refractivity (Wildman–Crippen MR) is 65.2 cm³/mol. The molecule has 1 amide bonds. The van der Waals surface area contributed by atoms with Crippen molar-refractivity contribution in [1.29, 1.82) is 0 Å². The Kier molecular flexibility index (Phi) is 2.41. The molecule has 2 rings (SSSR count). The Bertz CT molecular complexity index is 508. The van der Waals surface area contributed by atoms with E-state index in [0.29, 0.717) is 5.56 Å². The van der Waals surface area contributed by atoms with Crippen LogP contribution in [0.4, 0.5) is 0 Å². The number of benzene rings is 2. The molecule has 0 unspecified atom stereocenters. The lowest BCUT2D eigenvalue weighted by molar-refractivity contribution is 0.100. The Morgan fingerprint density at radius 2 is 1.86 bits per heavy atom. The molecule has 0 radical (unpaired) electrons. The lowest BCUT2D eigenvalue weighted by atomic mass is 10.0. The maximum Gasteiger partial charge on any atom is 0.250 e. The maximum absolute atomic E-state index is 11.3. The van der Waals surface area contributed by atoms with Crippen molar-refractivity contribution in [3.63, 3.8) is 0 Å². The highest BCUT2D eigenvalue weighted by Gasteiger charge is 2.09. The quantitative estimate of drug-likeness (QED) is 0.808. The highest BCUT2D eigenvalue weighted by Crippen LogP contribution is 2.23. The van der Waals surface area contributed by atoms with Crippen LogP contribution in [-0.4, -0.2) is 5.91 Å². The van der Waals surface area contributed by atoms with Crippen molar-refractivity contribution in [1.82, 2.24) is 0 Å². The van der Waals surface area contributed by atoms with Crippen LogP contribution in [0.3, 0.4) is 0 Å². The molecule has 0 aliphatic carbocycles. The molecule has 2 aromatic carbocycles. The van der Waals surface area contributed by atoms with Crippen LogP contribution in [0.15, 0.2) is 36.4 Å². The fourth-order valence-corrected chi connectivity index (χ4v) is 2.23. The molecular weight excluding hydrogens is 289 g/mol. The number of carbonyl (C=O) groups excluding carboxylic acids is 1. The SMILES string of the molecule is NC(=O)c1c(I)ccc2ccccc12. The zero-order valence-electron chi connectivity index (χ0n) is 7.33. The molecular formula is C11H8INO. The molecule has 0 fully saturated rings. The van der Waals surface area contributed by atoms with E-state index in [9.17, 15) is 4.79 Å². The molecule has 0 heterocycles. The van der Waals surface area contributed by atoms with Crippen LogP contribution in [0.5, 0.6) is 0 Å².